The van der Waals surface area contributed by atoms with Gasteiger partial charge < -0.3 is 10.0 Å². The molecule has 0 aromatic heterocycles. The van der Waals surface area contributed by atoms with E-state index in [0.717, 1.165) is 25.9 Å². The first kappa shape index (κ1) is 12.4. The van der Waals surface area contributed by atoms with Crippen molar-refractivity contribution in [1.82, 2.24) is 4.90 Å². The number of piperidine rings is 1. The Morgan fingerprint density at radius 1 is 1.47 bits per heavy atom. The SMILES string of the molecule is O=C(Cc1ccccc1O)N1CCCC(Br)C1. The summed E-state index contributed by atoms with van der Waals surface area (Å²) in [6.07, 6.45) is 2.45. The van der Waals surface area contributed by atoms with Crippen LogP contribution in [0.15, 0.2) is 24.3 Å². The summed E-state index contributed by atoms with van der Waals surface area (Å²) in [4.78, 5) is 14.3. The third kappa shape index (κ3) is 3.22. The van der Waals surface area contributed by atoms with Crippen molar-refractivity contribution in [2.75, 3.05) is 13.1 Å². The van der Waals surface area contributed by atoms with Crippen molar-refractivity contribution in [3.05, 3.63) is 29.8 Å². The van der Waals surface area contributed by atoms with Crippen LogP contribution in [0.25, 0.3) is 0 Å². The molecule has 0 aliphatic carbocycles. The number of rotatable bonds is 2. The quantitative estimate of drug-likeness (QED) is 0.851. The Kier molecular flexibility index (Phi) is 4.05. The molecule has 1 aromatic carbocycles. The van der Waals surface area contributed by atoms with Crippen LogP contribution in [0.1, 0.15) is 18.4 Å². The lowest BCUT2D eigenvalue weighted by atomic mass is 10.1. The van der Waals surface area contributed by atoms with Crippen molar-refractivity contribution >= 4 is 21.8 Å². The number of carbonyl (C=O) groups excluding carboxylic acids is 1. The number of aromatic hydroxyl groups is 1. The Morgan fingerprint density at radius 3 is 2.94 bits per heavy atom. The van der Waals surface area contributed by atoms with Gasteiger partial charge in [-0.15, -0.1) is 0 Å². The first-order chi connectivity index (χ1) is 8.16. The number of hydrogen-bond acceptors (Lipinski definition) is 2. The van der Waals surface area contributed by atoms with Gasteiger partial charge in [0.2, 0.25) is 5.91 Å². The number of carbonyl (C=O) groups is 1. The molecule has 17 heavy (non-hydrogen) atoms. The summed E-state index contributed by atoms with van der Waals surface area (Å²) in [5, 5.41) is 9.63. The number of nitrogens with zero attached hydrogens (tertiary/aromatic N) is 1. The molecule has 4 heteroatoms. The molecule has 1 aliphatic heterocycles. The molecule has 1 atom stereocenters. The zero-order valence-corrected chi connectivity index (χ0v) is 11.2. The van der Waals surface area contributed by atoms with Crippen LogP contribution in [-0.4, -0.2) is 33.8 Å². The summed E-state index contributed by atoms with van der Waals surface area (Å²) in [6.45, 7) is 1.60. The normalized spacial score (nSPS) is 20.3. The average Bonchev–Trinajstić information content (AvgIpc) is 2.32. The molecule has 0 spiro atoms. The van der Waals surface area contributed by atoms with Gasteiger partial charge in [0.1, 0.15) is 5.75 Å². The van der Waals surface area contributed by atoms with E-state index >= 15 is 0 Å². The lowest BCUT2D eigenvalue weighted by molar-refractivity contribution is -0.131. The van der Waals surface area contributed by atoms with E-state index in [1.807, 2.05) is 11.0 Å². The Hall–Kier alpha value is -1.03. The number of alkyl halides is 1. The monoisotopic (exact) mass is 297 g/mol. The van der Waals surface area contributed by atoms with Crippen molar-refractivity contribution < 1.29 is 9.90 Å². The van der Waals surface area contributed by atoms with Gasteiger partial charge in [-0.25, -0.2) is 0 Å². The molecule has 92 valence electrons. The molecule has 1 saturated heterocycles. The molecule has 1 unspecified atom stereocenters. The van der Waals surface area contributed by atoms with Crippen LogP contribution < -0.4 is 0 Å². The van der Waals surface area contributed by atoms with Gasteiger partial charge in [0, 0.05) is 23.5 Å². The van der Waals surface area contributed by atoms with Crippen LogP contribution in [0.2, 0.25) is 0 Å². The van der Waals surface area contributed by atoms with E-state index in [1.54, 1.807) is 18.2 Å². The number of likely N-dealkylation sites (tertiary alicyclic amines) is 1. The van der Waals surface area contributed by atoms with Gasteiger partial charge in [0.05, 0.1) is 6.42 Å². The second-order valence-electron chi connectivity index (χ2n) is 4.38. The van der Waals surface area contributed by atoms with E-state index in [4.69, 9.17) is 0 Å². The van der Waals surface area contributed by atoms with Crippen molar-refractivity contribution in [1.29, 1.82) is 0 Å². The molecule has 1 amide bonds. The number of halogens is 1. The van der Waals surface area contributed by atoms with Crippen LogP contribution in [-0.2, 0) is 11.2 Å². The fourth-order valence-electron chi connectivity index (χ4n) is 2.09. The smallest absolute Gasteiger partial charge is 0.227 e. The molecule has 1 N–H and O–H groups in total. The lowest BCUT2D eigenvalue weighted by Gasteiger charge is -2.30. The van der Waals surface area contributed by atoms with Gasteiger partial charge >= 0.3 is 0 Å². The highest BCUT2D eigenvalue weighted by atomic mass is 79.9. The highest BCUT2D eigenvalue weighted by Gasteiger charge is 2.22. The molecule has 3 nitrogen and oxygen atoms in total. The van der Waals surface area contributed by atoms with Gasteiger partial charge in [0.25, 0.3) is 0 Å². The van der Waals surface area contributed by atoms with Gasteiger partial charge in [0.15, 0.2) is 0 Å². The Balaban J connectivity index is 1.99. The van der Waals surface area contributed by atoms with E-state index in [9.17, 15) is 9.90 Å². The summed E-state index contributed by atoms with van der Waals surface area (Å²) in [7, 11) is 0. The predicted molar refractivity (Wildman–Crippen MR) is 70.3 cm³/mol. The summed E-state index contributed by atoms with van der Waals surface area (Å²) < 4.78 is 0. The van der Waals surface area contributed by atoms with Gasteiger partial charge in [-0.2, -0.15) is 0 Å². The number of amides is 1. The molecule has 1 fully saturated rings. The van der Waals surface area contributed by atoms with Crippen LogP contribution in [0, 0.1) is 0 Å². The number of hydrogen-bond donors (Lipinski definition) is 1. The maximum absolute atomic E-state index is 12.1. The van der Waals surface area contributed by atoms with Crippen molar-refractivity contribution in [2.45, 2.75) is 24.1 Å². The van der Waals surface area contributed by atoms with Crippen molar-refractivity contribution in [3.63, 3.8) is 0 Å². The van der Waals surface area contributed by atoms with E-state index < -0.39 is 0 Å². The minimum atomic E-state index is 0.0932. The molecule has 0 bridgehead atoms. The lowest BCUT2D eigenvalue weighted by Crippen LogP contribution is -2.41. The van der Waals surface area contributed by atoms with Crippen molar-refractivity contribution in [2.24, 2.45) is 0 Å². The minimum Gasteiger partial charge on any atom is -0.508 e. The Bertz CT molecular complexity index is 408. The predicted octanol–water partition coefficient (Wildman–Crippen LogP) is 2.32. The number of phenols is 1. The zero-order valence-electron chi connectivity index (χ0n) is 9.60. The highest BCUT2D eigenvalue weighted by molar-refractivity contribution is 9.09. The van der Waals surface area contributed by atoms with E-state index in [-0.39, 0.29) is 18.1 Å². The number of para-hydroxylation sites is 1. The van der Waals surface area contributed by atoms with E-state index in [2.05, 4.69) is 15.9 Å². The Labute approximate surface area is 110 Å². The summed E-state index contributed by atoms with van der Waals surface area (Å²) >= 11 is 3.55. The molecule has 0 saturated carbocycles. The van der Waals surface area contributed by atoms with E-state index in [0.29, 0.717) is 10.4 Å². The molecule has 0 radical (unpaired) electrons. The number of benzene rings is 1. The topological polar surface area (TPSA) is 40.5 Å². The third-order valence-electron chi connectivity index (χ3n) is 3.05. The standard InChI is InChI=1S/C13H16BrNO2/c14-11-5-3-7-15(9-11)13(17)8-10-4-1-2-6-12(10)16/h1-2,4,6,11,16H,3,5,7-9H2. The molecule has 1 aliphatic rings. The molecular formula is C13H16BrNO2. The fraction of sp³-hybridized carbons (Fsp3) is 0.462. The van der Waals surface area contributed by atoms with Crippen molar-refractivity contribution in [3.8, 4) is 5.75 Å². The second-order valence-corrected chi connectivity index (χ2v) is 5.68. The van der Waals surface area contributed by atoms with Crippen LogP contribution in [0.5, 0.6) is 5.75 Å². The summed E-state index contributed by atoms with van der Waals surface area (Å²) in [6, 6.07) is 7.01. The average molecular weight is 298 g/mol. The van der Waals surface area contributed by atoms with Crippen LogP contribution in [0.3, 0.4) is 0 Å². The highest BCUT2D eigenvalue weighted by Crippen LogP contribution is 2.20. The van der Waals surface area contributed by atoms with Crippen LogP contribution in [0.4, 0.5) is 0 Å². The molecule has 2 rings (SSSR count). The largest absolute Gasteiger partial charge is 0.508 e. The maximum Gasteiger partial charge on any atom is 0.227 e. The Morgan fingerprint density at radius 2 is 2.24 bits per heavy atom. The second kappa shape index (κ2) is 5.54. The van der Waals surface area contributed by atoms with Gasteiger partial charge in [-0.05, 0) is 18.9 Å². The molecule has 1 heterocycles. The molecule has 1 aromatic rings. The third-order valence-corrected chi connectivity index (χ3v) is 3.80. The first-order valence-electron chi connectivity index (χ1n) is 5.85. The molecular weight excluding hydrogens is 282 g/mol. The minimum absolute atomic E-state index is 0.0932. The number of phenolic OH excluding ortho intramolecular Hbond substituents is 1. The van der Waals surface area contributed by atoms with E-state index in [1.165, 1.54) is 0 Å². The zero-order chi connectivity index (χ0) is 12.3. The summed E-state index contributed by atoms with van der Waals surface area (Å²) in [5.74, 6) is 0.295. The summed E-state index contributed by atoms with van der Waals surface area (Å²) in [5.41, 5.74) is 0.703. The van der Waals surface area contributed by atoms with Gasteiger partial charge in [-0.1, -0.05) is 34.1 Å². The fourth-order valence-corrected chi connectivity index (χ4v) is 2.76. The van der Waals surface area contributed by atoms with Crippen LogP contribution >= 0.6 is 15.9 Å². The van der Waals surface area contributed by atoms with Gasteiger partial charge in [-0.3, -0.25) is 4.79 Å². The maximum atomic E-state index is 12.1. The first-order valence-corrected chi connectivity index (χ1v) is 6.77.